The second kappa shape index (κ2) is 9.51. The highest BCUT2D eigenvalue weighted by Crippen LogP contribution is 2.35. The first-order chi connectivity index (χ1) is 10.2. The van der Waals surface area contributed by atoms with E-state index in [1.165, 1.54) is 11.6 Å². The molecule has 0 amide bonds. The van der Waals surface area contributed by atoms with Crippen molar-refractivity contribution in [1.29, 1.82) is 0 Å². The Morgan fingerprint density at radius 2 is 2.10 bits per heavy atom. The van der Waals surface area contributed by atoms with E-state index in [4.69, 9.17) is 5.73 Å². The van der Waals surface area contributed by atoms with Gasteiger partial charge in [-0.25, -0.2) is 4.39 Å². The third kappa shape index (κ3) is 5.13. The van der Waals surface area contributed by atoms with Gasteiger partial charge in [-0.05, 0) is 55.5 Å². The summed E-state index contributed by atoms with van der Waals surface area (Å²) in [5.74, 6) is 0.327. The van der Waals surface area contributed by atoms with Crippen LogP contribution < -0.4 is 5.73 Å². The molecule has 0 aliphatic carbocycles. The molecular weight excluding hydrogens is 261 g/mol. The molecule has 0 saturated carbocycles. The Kier molecular flexibility index (Phi) is 7.99. The van der Waals surface area contributed by atoms with Gasteiger partial charge in [0.1, 0.15) is 5.82 Å². The van der Waals surface area contributed by atoms with Crippen LogP contribution in [0, 0.1) is 11.7 Å². The summed E-state index contributed by atoms with van der Waals surface area (Å²) in [6, 6.07) is 6.95. The molecule has 2 N–H and O–H groups in total. The number of hydrogen-bond acceptors (Lipinski definition) is 1. The van der Waals surface area contributed by atoms with Gasteiger partial charge in [0.15, 0.2) is 0 Å². The lowest BCUT2D eigenvalue weighted by Crippen LogP contribution is -2.23. The van der Waals surface area contributed by atoms with Crippen LogP contribution in [-0.2, 0) is 0 Å². The maximum absolute atomic E-state index is 13.6. The summed E-state index contributed by atoms with van der Waals surface area (Å²) in [5, 5.41) is 0. The average Bonchev–Trinajstić information content (AvgIpc) is 2.47. The maximum atomic E-state index is 13.6. The Morgan fingerprint density at radius 1 is 1.33 bits per heavy atom. The normalized spacial score (nSPS) is 15.4. The van der Waals surface area contributed by atoms with Crippen LogP contribution in [0.3, 0.4) is 0 Å². The van der Waals surface area contributed by atoms with Gasteiger partial charge in [0, 0.05) is 5.92 Å². The summed E-state index contributed by atoms with van der Waals surface area (Å²) in [6.45, 7) is 6.94. The molecule has 0 fully saturated rings. The van der Waals surface area contributed by atoms with E-state index < -0.39 is 0 Å². The predicted molar refractivity (Wildman–Crippen MR) is 89.8 cm³/mol. The second-order valence-corrected chi connectivity index (χ2v) is 5.43. The van der Waals surface area contributed by atoms with E-state index in [1.807, 2.05) is 19.1 Å². The van der Waals surface area contributed by atoms with Crippen LogP contribution in [0.25, 0.3) is 0 Å². The fraction of sp³-hybridized carbons (Fsp3) is 0.474. The second-order valence-electron chi connectivity index (χ2n) is 5.43. The van der Waals surface area contributed by atoms with Gasteiger partial charge in [-0.2, -0.15) is 0 Å². The predicted octanol–water partition coefficient (Wildman–Crippen LogP) is 5.20. The minimum atomic E-state index is -0.180. The maximum Gasteiger partial charge on any atom is 0.123 e. The molecule has 0 heterocycles. The van der Waals surface area contributed by atoms with Crippen LogP contribution in [0.2, 0.25) is 0 Å². The molecule has 0 bridgehead atoms. The molecule has 0 radical (unpaired) electrons. The van der Waals surface area contributed by atoms with Crippen molar-refractivity contribution in [2.75, 3.05) is 6.54 Å². The Hall–Kier alpha value is -1.41. The van der Waals surface area contributed by atoms with Crippen molar-refractivity contribution in [3.05, 3.63) is 59.4 Å². The van der Waals surface area contributed by atoms with E-state index in [2.05, 4.69) is 26.0 Å². The van der Waals surface area contributed by atoms with E-state index in [9.17, 15) is 4.39 Å². The summed E-state index contributed by atoms with van der Waals surface area (Å²) in [5.41, 5.74) is 8.29. The Morgan fingerprint density at radius 3 is 2.62 bits per heavy atom. The first-order valence-electron chi connectivity index (χ1n) is 7.96. The van der Waals surface area contributed by atoms with E-state index in [0.717, 1.165) is 24.8 Å². The van der Waals surface area contributed by atoms with Gasteiger partial charge in [0.2, 0.25) is 0 Å². The van der Waals surface area contributed by atoms with E-state index >= 15 is 0 Å². The molecule has 0 aliphatic heterocycles. The lowest BCUT2D eigenvalue weighted by molar-refractivity contribution is 0.436. The topological polar surface area (TPSA) is 26.0 Å². The molecule has 2 unspecified atom stereocenters. The van der Waals surface area contributed by atoms with Crippen molar-refractivity contribution in [2.45, 2.75) is 46.0 Å². The van der Waals surface area contributed by atoms with Crippen LogP contribution in [0.4, 0.5) is 4.39 Å². The number of hydrogen-bond donors (Lipinski definition) is 1. The van der Waals surface area contributed by atoms with Crippen LogP contribution in [-0.4, -0.2) is 6.54 Å². The first kappa shape index (κ1) is 17.6. The molecule has 0 saturated heterocycles. The molecule has 2 heteroatoms. The highest BCUT2D eigenvalue weighted by Gasteiger charge is 2.24. The molecule has 0 aromatic heterocycles. The van der Waals surface area contributed by atoms with Gasteiger partial charge in [-0.3, -0.25) is 0 Å². The molecule has 0 aliphatic rings. The summed E-state index contributed by atoms with van der Waals surface area (Å²) in [6.07, 6.45) is 9.52. The minimum Gasteiger partial charge on any atom is -0.330 e. The SMILES string of the molecule is C/C=C\C(=C/CC)C(c1cccc(F)c1)C(CN)CCC. The third-order valence-electron chi connectivity index (χ3n) is 3.80. The van der Waals surface area contributed by atoms with E-state index in [1.54, 1.807) is 12.1 Å². The molecule has 2 atom stereocenters. The fourth-order valence-corrected chi connectivity index (χ4v) is 2.96. The zero-order valence-corrected chi connectivity index (χ0v) is 13.5. The van der Waals surface area contributed by atoms with Crippen LogP contribution in [0.15, 0.2) is 48.1 Å². The molecule has 1 aromatic rings. The van der Waals surface area contributed by atoms with Crippen molar-refractivity contribution in [2.24, 2.45) is 11.7 Å². The molecular formula is C19H28FN. The van der Waals surface area contributed by atoms with Crippen LogP contribution in [0.1, 0.15) is 51.5 Å². The zero-order chi connectivity index (χ0) is 15.7. The Balaban J connectivity index is 3.30. The lowest BCUT2D eigenvalue weighted by atomic mass is 9.77. The van der Waals surface area contributed by atoms with Crippen molar-refractivity contribution in [3.63, 3.8) is 0 Å². The molecule has 0 spiro atoms. The van der Waals surface area contributed by atoms with Gasteiger partial charge in [0.05, 0.1) is 0 Å². The average molecular weight is 289 g/mol. The molecule has 21 heavy (non-hydrogen) atoms. The summed E-state index contributed by atoms with van der Waals surface area (Å²) >= 11 is 0. The Bertz CT molecular complexity index is 476. The lowest BCUT2D eigenvalue weighted by Gasteiger charge is -2.28. The van der Waals surface area contributed by atoms with Crippen molar-refractivity contribution < 1.29 is 4.39 Å². The minimum absolute atomic E-state index is 0.168. The van der Waals surface area contributed by atoms with Gasteiger partial charge in [0.25, 0.3) is 0 Å². The van der Waals surface area contributed by atoms with E-state index in [-0.39, 0.29) is 11.7 Å². The summed E-state index contributed by atoms with van der Waals surface area (Å²) in [4.78, 5) is 0. The largest absolute Gasteiger partial charge is 0.330 e. The Labute approximate surface area is 128 Å². The number of benzene rings is 1. The van der Waals surface area contributed by atoms with Gasteiger partial charge < -0.3 is 5.73 Å². The van der Waals surface area contributed by atoms with Gasteiger partial charge >= 0.3 is 0 Å². The number of nitrogens with two attached hydrogens (primary N) is 1. The van der Waals surface area contributed by atoms with Crippen molar-refractivity contribution in [3.8, 4) is 0 Å². The zero-order valence-electron chi connectivity index (χ0n) is 13.5. The van der Waals surface area contributed by atoms with Crippen molar-refractivity contribution in [1.82, 2.24) is 0 Å². The first-order valence-corrected chi connectivity index (χ1v) is 7.96. The number of rotatable bonds is 8. The quantitative estimate of drug-likeness (QED) is 0.654. The number of halogens is 1. The summed E-state index contributed by atoms with van der Waals surface area (Å²) in [7, 11) is 0. The number of allylic oxidation sites excluding steroid dienone is 4. The summed E-state index contributed by atoms with van der Waals surface area (Å²) < 4.78 is 13.6. The molecule has 1 rings (SSSR count). The highest BCUT2D eigenvalue weighted by molar-refractivity contribution is 5.36. The standard InChI is InChI=1S/C19H28FN/c1-4-8-15(9-5-2)19(17(14-21)10-6-3)16-11-7-12-18(20)13-16/h4,7-9,11-13,17,19H,5-6,10,14,21H2,1-3H3/b8-4-,15-9+. The molecule has 1 nitrogen and oxygen atoms in total. The molecule has 116 valence electrons. The third-order valence-corrected chi connectivity index (χ3v) is 3.80. The van der Waals surface area contributed by atoms with Gasteiger partial charge in [-0.1, -0.05) is 50.6 Å². The fourth-order valence-electron chi connectivity index (χ4n) is 2.96. The van der Waals surface area contributed by atoms with Crippen LogP contribution in [0.5, 0.6) is 0 Å². The monoisotopic (exact) mass is 289 g/mol. The van der Waals surface area contributed by atoms with E-state index in [0.29, 0.717) is 12.5 Å². The highest BCUT2D eigenvalue weighted by atomic mass is 19.1. The smallest absolute Gasteiger partial charge is 0.123 e. The van der Waals surface area contributed by atoms with Crippen molar-refractivity contribution >= 4 is 0 Å². The van der Waals surface area contributed by atoms with Gasteiger partial charge in [-0.15, -0.1) is 0 Å². The molecule has 1 aromatic carbocycles. The van der Waals surface area contributed by atoms with Crippen LogP contribution >= 0.6 is 0 Å².